The number of aromatic nitrogens is 2. The molecule has 5 heteroatoms. The Bertz CT molecular complexity index is 698. The summed E-state index contributed by atoms with van der Waals surface area (Å²) < 4.78 is 13.0. The first kappa shape index (κ1) is 20.6. The average molecular weight is 379 g/mol. The molecule has 0 amide bonds. The maximum absolute atomic E-state index is 6.18. The molecule has 0 aliphatic carbocycles. The lowest BCUT2D eigenvalue weighted by Crippen LogP contribution is -2.00. The lowest BCUT2D eigenvalue weighted by Gasteiger charge is -2.09. The molecule has 0 fully saturated rings. The van der Waals surface area contributed by atoms with E-state index in [1.165, 1.54) is 29.8 Å². The van der Waals surface area contributed by atoms with E-state index in [-0.39, 0.29) is 0 Å². The summed E-state index contributed by atoms with van der Waals surface area (Å²) in [7, 11) is 3.69. The molecule has 26 heavy (non-hydrogen) atoms. The highest BCUT2D eigenvalue weighted by Crippen LogP contribution is 2.28. The molecule has 0 atom stereocenters. The average Bonchev–Trinajstić information content (AvgIpc) is 2.96. The van der Waals surface area contributed by atoms with Crippen LogP contribution in [0.1, 0.15) is 56.5 Å². The van der Waals surface area contributed by atoms with Crippen LogP contribution >= 0.6 is 11.6 Å². The van der Waals surface area contributed by atoms with Crippen molar-refractivity contribution in [1.82, 2.24) is 9.78 Å². The Morgan fingerprint density at radius 1 is 1.08 bits per heavy atom. The van der Waals surface area contributed by atoms with E-state index in [0.717, 1.165) is 43.6 Å². The van der Waals surface area contributed by atoms with E-state index in [2.05, 4.69) is 30.7 Å². The molecule has 0 aliphatic heterocycles. The van der Waals surface area contributed by atoms with Crippen LogP contribution in [0.15, 0.2) is 18.2 Å². The number of methoxy groups -OCH3 is 1. The Labute approximate surface area is 162 Å². The van der Waals surface area contributed by atoms with E-state index < -0.39 is 0 Å². The third kappa shape index (κ3) is 5.41. The Morgan fingerprint density at radius 2 is 1.85 bits per heavy atom. The second-order valence-electron chi connectivity index (χ2n) is 6.51. The zero-order valence-electron chi connectivity index (χ0n) is 16.5. The summed E-state index contributed by atoms with van der Waals surface area (Å²) in [5.74, 6) is 1.47. The molecule has 1 aromatic heterocycles. The second-order valence-corrected chi connectivity index (χ2v) is 6.92. The van der Waals surface area contributed by atoms with Crippen molar-refractivity contribution in [2.45, 2.75) is 58.8 Å². The summed E-state index contributed by atoms with van der Waals surface area (Å²) in [6.07, 6.45) is 7.81. The van der Waals surface area contributed by atoms with Crippen molar-refractivity contribution < 1.29 is 9.47 Å². The van der Waals surface area contributed by atoms with Gasteiger partial charge in [0.05, 0.1) is 24.4 Å². The van der Waals surface area contributed by atoms with Gasteiger partial charge in [-0.15, -0.1) is 0 Å². The monoisotopic (exact) mass is 378 g/mol. The molecule has 1 heterocycles. The fourth-order valence-electron chi connectivity index (χ4n) is 3.34. The number of unbranched alkanes of at least 4 members (excludes halogenated alkanes) is 3. The molecule has 4 nitrogen and oxygen atoms in total. The number of aryl methyl sites for hydroxylation is 2. The molecule has 0 bridgehead atoms. The summed E-state index contributed by atoms with van der Waals surface area (Å²) in [6.45, 7) is 5.09. The Balaban J connectivity index is 1.69. The van der Waals surface area contributed by atoms with Crippen LogP contribution in [-0.2, 0) is 26.3 Å². The summed E-state index contributed by atoms with van der Waals surface area (Å²) in [5, 5.41) is 5.25. The standard InChI is InChI=1S/C21H31ClN2O2/c1-5-19-17(20(6-2)24(3)23-19)11-9-7-8-10-14-26-21-13-12-16(25-4)15-18(21)22/h12-13,15H,5-11,14H2,1-4H3. The Morgan fingerprint density at radius 3 is 2.50 bits per heavy atom. The first-order chi connectivity index (χ1) is 12.6. The molecule has 0 saturated carbocycles. The van der Waals surface area contributed by atoms with Crippen molar-refractivity contribution >= 4 is 11.6 Å². The van der Waals surface area contributed by atoms with Gasteiger partial charge in [0.1, 0.15) is 11.5 Å². The Kier molecular flexibility index (Phi) is 8.30. The zero-order valence-corrected chi connectivity index (χ0v) is 17.2. The number of benzene rings is 1. The largest absolute Gasteiger partial charge is 0.497 e. The van der Waals surface area contributed by atoms with Gasteiger partial charge >= 0.3 is 0 Å². The van der Waals surface area contributed by atoms with Crippen molar-refractivity contribution in [1.29, 1.82) is 0 Å². The zero-order chi connectivity index (χ0) is 18.9. The van der Waals surface area contributed by atoms with E-state index in [0.29, 0.717) is 11.6 Å². The SMILES string of the molecule is CCc1nn(C)c(CC)c1CCCCCCOc1ccc(OC)cc1Cl. The van der Waals surface area contributed by atoms with Crippen LogP contribution in [0.2, 0.25) is 5.02 Å². The normalized spacial score (nSPS) is 11.0. The van der Waals surface area contributed by atoms with Crippen molar-refractivity contribution in [2.75, 3.05) is 13.7 Å². The summed E-state index contributed by atoms with van der Waals surface area (Å²) >= 11 is 6.18. The molecule has 2 aromatic rings. The lowest BCUT2D eigenvalue weighted by molar-refractivity contribution is 0.304. The number of nitrogens with zero attached hydrogens (tertiary/aromatic N) is 2. The maximum Gasteiger partial charge on any atom is 0.138 e. The van der Waals surface area contributed by atoms with Crippen LogP contribution in [0.5, 0.6) is 11.5 Å². The van der Waals surface area contributed by atoms with E-state index in [4.69, 9.17) is 21.1 Å². The van der Waals surface area contributed by atoms with Crippen molar-refractivity contribution in [3.63, 3.8) is 0 Å². The highest BCUT2D eigenvalue weighted by Gasteiger charge is 2.12. The predicted octanol–water partition coefficient (Wildman–Crippen LogP) is 5.39. The Hall–Kier alpha value is -1.68. The molecule has 0 spiro atoms. The van der Waals surface area contributed by atoms with Crippen molar-refractivity contribution in [2.24, 2.45) is 7.05 Å². The minimum Gasteiger partial charge on any atom is -0.497 e. The molecule has 0 radical (unpaired) electrons. The van der Waals surface area contributed by atoms with E-state index in [1.54, 1.807) is 13.2 Å². The predicted molar refractivity (Wildman–Crippen MR) is 108 cm³/mol. The van der Waals surface area contributed by atoms with E-state index in [1.807, 2.05) is 12.1 Å². The number of ether oxygens (including phenoxy) is 2. The van der Waals surface area contributed by atoms with Gasteiger partial charge in [0.15, 0.2) is 0 Å². The van der Waals surface area contributed by atoms with Gasteiger partial charge in [-0.05, 0) is 49.8 Å². The topological polar surface area (TPSA) is 36.3 Å². The molecule has 2 rings (SSSR count). The van der Waals surface area contributed by atoms with Gasteiger partial charge in [-0.2, -0.15) is 5.10 Å². The maximum atomic E-state index is 6.18. The summed E-state index contributed by atoms with van der Waals surface area (Å²) in [5.41, 5.74) is 4.12. The van der Waals surface area contributed by atoms with Gasteiger partial charge in [-0.3, -0.25) is 4.68 Å². The highest BCUT2D eigenvalue weighted by atomic mass is 35.5. The third-order valence-electron chi connectivity index (χ3n) is 4.75. The minimum absolute atomic E-state index is 0.597. The van der Waals surface area contributed by atoms with Gasteiger partial charge in [-0.1, -0.05) is 38.3 Å². The number of hydrogen-bond acceptors (Lipinski definition) is 3. The van der Waals surface area contributed by atoms with Crippen LogP contribution < -0.4 is 9.47 Å². The molecule has 0 aliphatic rings. The second kappa shape index (κ2) is 10.5. The number of halogens is 1. The molecule has 144 valence electrons. The molecular formula is C21H31ClN2O2. The van der Waals surface area contributed by atoms with Crippen LogP contribution in [0.3, 0.4) is 0 Å². The molecular weight excluding hydrogens is 348 g/mol. The van der Waals surface area contributed by atoms with Gasteiger partial charge in [-0.25, -0.2) is 0 Å². The molecule has 0 N–H and O–H groups in total. The molecule has 0 saturated heterocycles. The number of hydrogen-bond donors (Lipinski definition) is 0. The van der Waals surface area contributed by atoms with Gasteiger partial charge in [0.25, 0.3) is 0 Å². The highest BCUT2D eigenvalue weighted by molar-refractivity contribution is 6.32. The summed E-state index contributed by atoms with van der Waals surface area (Å²) in [6, 6.07) is 5.51. The first-order valence-electron chi connectivity index (χ1n) is 9.60. The van der Waals surface area contributed by atoms with Gasteiger partial charge < -0.3 is 9.47 Å². The van der Waals surface area contributed by atoms with E-state index >= 15 is 0 Å². The first-order valence-corrected chi connectivity index (χ1v) is 9.98. The van der Waals surface area contributed by atoms with Crippen molar-refractivity contribution in [3.05, 3.63) is 40.2 Å². The van der Waals surface area contributed by atoms with Crippen LogP contribution in [0.4, 0.5) is 0 Å². The minimum atomic E-state index is 0.597. The van der Waals surface area contributed by atoms with Crippen LogP contribution in [-0.4, -0.2) is 23.5 Å². The number of rotatable bonds is 11. The lowest BCUT2D eigenvalue weighted by atomic mass is 10.0. The van der Waals surface area contributed by atoms with Crippen molar-refractivity contribution in [3.8, 4) is 11.5 Å². The quantitative estimate of drug-likeness (QED) is 0.492. The smallest absolute Gasteiger partial charge is 0.138 e. The summed E-state index contributed by atoms with van der Waals surface area (Å²) in [4.78, 5) is 0. The van der Waals surface area contributed by atoms with Gasteiger partial charge in [0, 0.05) is 18.8 Å². The van der Waals surface area contributed by atoms with Gasteiger partial charge in [0.2, 0.25) is 0 Å². The van der Waals surface area contributed by atoms with E-state index in [9.17, 15) is 0 Å². The van der Waals surface area contributed by atoms with Crippen LogP contribution in [0, 0.1) is 0 Å². The fourth-order valence-corrected chi connectivity index (χ4v) is 3.57. The third-order valence-corrected chi connectivity index (χ3v) is 5.04. The fraction of sp³-hybridized carbons (Fsp3) is 0.571. The molecule has 0 unspecified atom stereocenters. The van der Waals surface area contributed by atoms with Crippen LogP contribution in [0.25, 0.3) is 0 Å². The molecule has 1 aromatic carbocycles.